The smallest absolute Gasteiger partial charge is 0.253 e. The van der Waals surface area contributed by atoms with Gasteiger partial charge in [-0.05, 0) is 81.3 Å². The molecule has 2 aromatic carbocycles. The quantitative estimate of drug-likeness (QED) is 0.277. The second kappa shape index (κ2) is 14.1. The normalized spacial score (nSPS) is 13.8. The van der Waals surface area contributed by atoms with E-state index in [2.05, 4.69) is 26.6 Å². The lowest BCUT2D eigenvalue weighted by Crippen LogP contribution is -2.46. The van der Waals surface area contributed by atoms with Crippen LogP contribution in [0, 0.1) is 6.92 Å². The number of carbonyl (C=O) groups excluding carboxylic acids is 1. The van der Waals surface area contributed by atoms with Gasteiger partial charge in [-0.3, -0.25) is 9.69 Å². The molecule has 0 aliphatic carbocycles. The topological polar surface area (TPSA) is 49.7 Å². The summed E-state index contributed by atoms with van der Waals surface area (Å²) in [6.45, 7) is 10.5. The minimum atomic E-state index is -0.00789. The van der Waals surface area contributed by atoms with E-state index in [0.29, 0.717) is 16.6 Å². The van der Waals surface area contributed by atoms with Crippen LogP contribution in [-0.4, -0.2) is 61.8 Å². The third-order valence-corrected chi connectivity index (χ3v) is 7.95. The second-order valence-electron chi connectivity index (χ2n) is 9.37. The molecule has 206 valence electrons. The van der Waals surface area contributed by atoms with Crippen LogP contribution in [0.3, 0.4) is 0 Å². The highest BCUT2D eigenvalue weighted by Crippen LogP contribution is 2.33. The summed E-state index contributed by atoms with van der Waals surface area (Å²) in [5.74, 6) is 0.812. The number of anilines is 1. The number of aromatic nitrogens is 1. The van der Waals surface area contributed by atoms with Gasteiger partial charge >= 0.3 is 0 Å². The number of methoxy groups -OCH3 is 1. The zero-order chi connectivity index (χ0) is 26.4. The molecule has 1 saturated heterocycles. The molecule has 1 N–H and O–H groups in total. The van der Waals surface area contributed by atoms with E-state index in [1.165, 1.54) is 0 Å². The molecule has 38 heavy (non-hydrogen) atoms. The highest BCUT2D eigenvalue weighted by atomic mass is 35.5. The van der Waals surface area contributed by atoms with Crippen molar-refractivity contribution in [2.45, 2.75) is 33.2 Å². The molecule has 2 heterocycles. The lowest BCUT2D eigenvalue weighted by atomic mass is 10.1. The first kappa shape index (κ1) is 30.2. The van der Waals surface area contributed by atoms with Gasteiger partial charge in [-0.25, -0.2) is 0 Å². The highest BCUT2D eigenvalue weighted by molar-refractivity contribution is 6.43. The van der Waals surface area contributed by atoms with Crippen molar-refractivity contribution in [1.82, 2.24) is 14.8 Å². The molecular weight excluding hydrogens is 543 g/mol. The zero-order valence-corrected chi connectivity index (χ0v) is 24.6. The minimum absolute atomic E-state index is 0. The van der Waals surface area contributed by atoms with E-state index in [9.17, 15) is 4.79 Å². The third kappa shape index (κ3) is 6.97. The summed E-state index contributed by atoms with van der Waals surface area (Å²) >= 11 is 12.6. The number of hydrogen-bond donors (Lipinski definition) is 1. The van der Waals surface area contributed by atoms with E-state index in [-0.39, 0.29) is 18.3 Å². The van der Waals surface area contributed by atoms with Gasteiger partial charge in [-0.2, -0.15) is 0 Å². The number of rotatable bonds is 10. The fraction of sp³-hybridized carbons (Fsp3) is 0.414. The van der Waals surface area contributed by atoms with Gasteiger partial charge in [0.15, 0.2) is 0 Å². The van der Waals surface area contributed by atoms with E-state index in [4.69, 9.17) is 27.9 Å². The van der Waals surface area contributed by atoms with E-state index in [1.54, 1.807) is 7.11 Å². The molecule has 1 aliphatic rings. The van der Waals surface area contributed by atoms with Crippen molar-refractivity contribution in [3.05, 3.63) is 69.8 Å². The average Bonchev–Trinajstić information content (AvgIpc) is 3.26. The number of unbranched alkanes of at least 4 members (excludes halogenated alkanes) is 1. The van der Waals surface area contributed by atoms with Crippen LogP contribution in [0.4, 0.5) is 5.69 Å². The number of halogens is 3. The Labute approximate surface area is 242 Å². The first-order valence-electron chi connectivity index (χ1n) is 13.0. The monoisotopic (exact) mass is 578 g/mol. The Morgan fingerprint density at radius 1 is 1.03 bits per heavy atom. The standard InChI is InChI=1S/C29H36Cl2N4O2.ClH/c1-4-35-21(2)24(20-27(35)22-10-12-23(37-3)13-11-22)29(36)32-14-5-6-15-33-16-18-34(19-17-33)26-9-7-8-25(30)28(26)31;/h7-13,20H,4-6,14-19H2,1-3H3,(H,32,36);1H. The van der Waals surface area contributed by atoms with Crippen molar-refractivity contribution in [2.75, 3.05) is 51.3 Å². The summed E-state index contributed by atoms with van der Waals surface area (Å²) in [7, 11) is 1.66. The molecular formula is C29H37Cl3N4O2. The molecule has 0 atom stereocenters. The van der Waals surface area contributed by atoms with E-state index >= 15 is 0 Å². The van der Waals surface area contributed by atoms with Crippen LogP contribution in [0.25, 0.3) is 11.3 Å². The molecule has 1 fully saturated rings. The number of carbonyl (C=O) groups is 1. The molecule has 0 radical (unpaired) electrons. The SMILES string of the molecule is CCn1c(-c2ccc(OC)cc2)cc(C(=O)NCCCCN2CCN(c3cccc(Cl)c3Cl)CC2)c1C.Cl. The van der Waals surface area contributed by atoms with Gasteiger partial charge in [-0.1, -0.05) is 29.3 Å². The van der Waals surface area contributed by atoms with E-state index < -0.39 is 0 Å². The molecule has 6 nitrogen and oxygen atoms in total. The van der Waals surface area contributed by atoms with Gasteiger partial charge in [0.2, 0.25) is 0 Å². The van der Waals surface area contributed by atoms with Crippen LogP contribution in [-0.2, 0) is 6.54 Å². The Balaban J connectivity index is 0.00000400. The summed E-state index contributed by atoms with van der Waals surface area (Å²) in [6, 6.07) is 15.8. The number of nitrogens with zero attached hydrogens (tertiary/aromatic N) is 3. The van der Waals surface area contributed by atoms with Gasteiger partial charge in [0.05, 0.1) is 28.4 Å². The van der Waals surface area contributed by atoms with Crippen LogP contribution >= 0.6 is 35.6 Å². The molecule has 3 aromatic rings. The molecule has 1 aliphatic heterocycles. The fourth-order valence-electron chi connectivity index (χ4n) is 4.99. The van der Waals surface area contributed by atoms with Gasteiger partial charge < -0.3 is 19.5 Å². The number of hydrogen-bond acceptors (Lipinski definition) is 4. The summed E-state index contributed by atoms with van der Waals surface area (Å²) in [5, 5.41) is 4.36. The van der Waals surface area contributed by atoms with Crippen LogP contribution in [0.2, 0.25) is 10.0 Å². The van der Waals surface area contributed by atoms with Crippen molar-refractivity contribution in [2.24, 2.45) is 0 Å². The van der Waals surface area contributed by atoms with Gasteiger partial charge in [0.25, 0.3) is 5.91 Å². The lowest BCUT2D eigenvalue weighted by Gasteiger charge is -2.36. The summed E-state index contributed by atoms with van der Waals surface area (Å²) in [4.78, 5) is 17.8. The fourth-order valence-corrected chi connectivity index (χ4v) is 5.41. The highest BCUT2D eigenvalue weighted by Gasteiger charge is 2.20. The number of ether oxygens (including phenoxy) is 1. The minimum Gasteiger partial charge on any atom is -0.497 e. The molecule has 0 unspecified atom stereocenters. The maximum absolute atomic E-state index is 13.0. The lowest BCUT2D eigenvalue weighted by molar-refractivity contribution is 0.0951. The Morgan fingerprint density at radius 2 is 1.74 bits per heavy atom. The maximum Gasteiger partial charge on any atom is 0.253 e. The van der Waals surface area contributed by atoms with Crippen molar-refractivity contribution in [1.29, 1.82) is 0 Å². The third-order valence-electron chi connectivity index (χ3n) is 7.14. The molecule has 1 amide bonds. The van der Waals surface area contributed by atoms with Crippen LogP contribution in [0.15, 0.2) is 48.5 Å². The van der Waals surface area contributed by atoms with Gasteiger partial charge in [0, 0.05) is 50.7 Å². The van der Waals surface area contributed by atoms with Crippen LogP contribution in [0.1, 0.15) is 35.8 Å². The average molecular weight is 580 g/mol. The molecule has 1 aromatic heterocycles. The summed E-state index contributed by atoms with van der Waals surface area (Å²) in [5.41, 5.74) is 4.86. The second-order valence-corrected chi connectivity index (χ2v) is 10.2. The Bertz CT molecular complexity index is 1210. The number of piperazine rings is 1. The van der Waals surface area contributed by atoms with Crippen molar-refractivity contribution in [3.63, 3.8) is 0 Å². The molecule has 0 bridgehead atoms. The zero-order valence-electron chi connectivity index (χ0n) is 22.3. The Morgan fingerprint density at radius 3 is 2.39 bits per heavy atom. The largest absolute Gasteiger partial charge is 0.497 e. The summed E-state index contributed by atoms with van der Waals surface area (Å²) in [6.07, 6.45) is 2.00. The summed E-state index contributed by atoms with van der Waals surface area (Å²) < 4.78 is 7.46. The molecule has 0 saturated carbocycles. The van der Waals surface area contributed by atoms with Crippen molar-refractivity contribution >= 4 is 47.2 Å². The van der Waals surface area contributed by atoms with E-state index in [1.807, 2.05) is 55.5 Å². The number of nitrogens with one attached hydrogen (secondary N) is 1. The predicted molar refractivity (Wildman–Crippen MR) is 161 cm³/mol. The molecule has 4 rings (SSSR count). The first-order chi connectivity index (χ1) is 17.9. The van der Waals surface area contributed by atoms with Gasteiger partial charge in [-0.15, -0.1) is 12.4 Å². The first-order valence-corrected chi connectivity index (χ1v) is 13.7. The Hall–Kier alpha value is -2.38. The maximum atomic E-state index is 13.0. The predicted octanol–water partition coefficient (Wildman–Crippen LogP) is 6.55. The molecule has 9 heteroatoms. The van der Waals surface area contributed by atoms with Crippen molar-refractivity contribution < 1.29 is 9.53 Å². The number of benzene rings is 2. The number of amides is 1. The van der Waals surface area contributed by atoms with Crippen molar-refractivity contribution in [3.8, 4) is 17.0 Å². The van der Waals surface area contributed by atoms with Crippen LogP contribution in [0.5, 0.6) is 5.75 Å². The van der Waals surface area contributed by atoms with E-state index in [0.717, 1.165) is 86.1 Å². The van der Waals surface area contributed by atoms with Gasteiger partial charge in [0.1, 0.15) is 5.75 Å². The Kier molecular flexibility index (Phi) is 11.2. The molecule has 0 spiro atoms. The van der Waals surface area contributed by atoms with Crippen LogP contribution < -0.4 is 15.0 Å².